The van der Waals surface area contributed by atoms with Gasteiger partial charge in [-0.2, -0.15) is 0 Å². The van der Waals surface area contributed by atoms with Gasteiger partial charge in [0.25, 0.3) is 0 Å². The highest BCUT2D eigenvalue weighted by atomic mass is 79.9. The predicted molar refractivity (Wildman–Crippen MR) is 96.1 cm³/mol. The molecule has 3 rings (SSSR count). The van der Waals surface area contributed by atoms with Crippen molar-refractivity contribution in [1.82, 2.24) is 0 Å². The van der Waals surface area contributed by atoms with Gasteiger partial charge >= 0.3 is 0 Å². The number of hydrogen-bond donors (Lipinski definition) is 1. The molecule has 1 aliphatic heterocycles. The molecule has 21 heavy (non-hydrogen) atoms. The minimum Gasteiger partial charge on any atom is -0.389 e. The van der Waals surface area contributed by atoms with Gasteiger partial charge in [0.2, 0.25) is 0 Å². The first-order valence-electron chi connectivity index (χ1n) is 7.06. The average molecular weight is 361 g/mol. The van der Waals surface area contributed by atoms with Gasteiger partial charge in [-0.15, -0.1) is 0 Å². The molecule has 0 spiro atoms. The fourth-order valence-electron chi connectivity index (χ4n) is 2.88. The maximum atomic E-state index is 5.88. The van der Waals surface area contributed by atoms with Crippen LogP contribution in [0.1, 0.15) is 16.7 Å². The largest absolute Gasteiger partial charge is 0.389 e. The zero-order valence-electron chi connectivity index (χ0n) is 11.7. The number of nitrogens with two attached hydrogens (primary N) is 1. The molecule has 2 N–H and O–H groups in total. The first-order valence-corrected chi connectivity index (χ1v) is 8.26. The summed E-state index contributed by atoms with van der Waals surface area (Å²) < 4.78 is 1.05. The number of benzene rings is 2. The fourth-order valence-corrected chi connectivity index (χ4v) is 3.41. The minimum atomic E-state index is 0.458. The van der Waals surface area contributed by atoms with Crippen molar-refractivity contribution in [1.29, 1.82) is 0 Å². The monoisotopic (exact) mass is 360 g/mol. The van der Waals surface area contributed by atoms with Crippen LogP contribution in [0.5, 0.6) is 0 Å². The van der Waals surface area contributed by atoms with Crippen LogP contribution in [0, 0.1) is 0 Å². The van der Waals surface area contributed by atoms with Crippen LogP contribution in [0.3, 0.4) is 0 Å². The van der Waals surface area contributed by atoms with Crippen molar-refractivity contribution in [3.05, 3.63) is 63.6 Å². The number of thiocarbonyl (C=S) groups is 1. The van der Waals surface area contributed by atoms with Gasteiger partial charge < -0.3 is 10.6 Å². The lowest BCUT2D eigenvalue weighted by Crippen LogP contribution is -2.28. The third-order valence-corrected chi connectivity index (χ3v) is 4.70. The van der Waals surface area contributed by atoms with Crippen LogP contribution in [0.25, 0.3) is 0 Å². The van der Waals surface area contributed by atoms with E-state index in [1.165, 1.54) is 11.1 Å². The van der Waals surface area contributed by atoms with Gasteiger partial charge in [0.15, 0.2) is 0 Å². The van der Waals surface area contributed by atoms with Crippen molar-refractivity contribution in [2.75, 3.05) is 18.0 Å². The topological polar surface area (TPSA) is 29.3 Å². The Morgan fingerprint density at radius 1 is 1.05 bits per heavy atom. The highest BCUT2D eigenvalue weighted by Crippen LogP contribution is 2.27. The molecule has 1 aliphatic rings. The molecule has 0 bridgehead atoms. The Morgan fingerprint density at radius 2 is 1.67 bits per heavy atom. The number of rotatable bonds is 2. The zero-order chi connectivity index (χ0) is 14.8. The molecular formula is C17H17BrN2S. The molecule has 1 heterocycles. The lowest BCUT2D eigenvalue weighted by Gasteiger charge is -2.25. The Kier molecular flexibility index (Phi) is 4.27. The van der Waals surface area contributed by atoms with E-state index in [1.807, 2.05) is 12.1 Å². The van der Waals surface area contributed by atoms with Gasteiger partial charge in [-0.3, -0.25) is 0 Å². The first kappa shape index (κ1) is 14.5. The molecule has 4 heteroatoms. The van der Waals surface area contributed by atoms with Crippen LogP contribution < -0.4 is 10.6 Å². The standard InChI is InChI=1S/C17H17BrN2S/c18-14-5-6-15(17(19)21)16(11-14)20-9-7-12-3-1-2-4-13(12)8-10-20/h1-6,11H,7-10H2,(H2,19,21). The Bertz CT molecular complexity index is 657. The highest BCUT2D eigenvalue weighted by molar-refractivity contribution is 9.10. The summed E-state index contributed by atoms with van der Waals surface area (Å²) in [4.78, 5) is 2.85. The van der Waals surface area contributed by atoms with E-state index < -0.39 is 0 Å². The molecule has 108 valence electrons. The molecule has 0 fully saturated rings. The van der Waals surface area contributed by atoms with Crippen LogP contribution in [0.4, 0.5) is 5.69 Å². The van der Waals surface area contributed by atoms with Crippen LogP contribution in [-0.2, 0) is 12.8 Å². The molecule has 0 atom stereocenters. The smallest absolute Gasteiger partial charge is 0.106 e. The molecule has 0 unspecified atom stereocenters. The normalized spacial score (nSPS) is 14.4. The van der Waals surface area contributed by atoms with E-state index in [0.29, 0.717) is 4.99 Å². The van der Waals surface area contributed by atoms with E-state index in [2.05, 4.69) is 51.2 Å². The molecule has 0 radical (unpaired) electrons. The van der Waals surface area contributed by atoms with Crippen molar-refractivity contribution in [3.63, 3.8) is 0 Å². The summed E-state index contributed by atoms with van der Waals surface area (Å²) in [6.07, 6.45) is 2.11. The van der Waals surface area contributed by atoms with Gasteiger partial charge in [0.1, 0.15) is 4.99 Å². The quantitative estimate of drug-likeness (QED) is 0.828. The summed E-state index contributed by atoms with van der Waals surface area (Å²) in [6, 6.07) is 14.8. The van der Waals surface area contributed by atoms with Gasteiger partial charge in [0.05, 0.1) is 0 Å². The molecule has 0 aromatic heterocycles. The summed E-state index contributed by atoms with van der Waals surface area (Å²) >= 11 is 8.75. The Morgan fingerprint density at radius 3 is 2.24 bits per heavy atom. The van der Waals surface area contributed by atoms with Gasteiger partial charge in [-0.05, 0) is 42.2 Å². The predicted octanol–water partition coefficient (Wildman–Crippen LogP) is 3.69. The maximum Gasteiger partial charge on any atom is 0.106 e. The third-order valence-electron chi connectivity index (χ3n) is 3.99. The summed E-state index contributed by atoms with van der Waals surface area (Å²) in [5, 5.41) is 0. The average Bonchev–Trinajstić information content (AvgIpc) is 2.69. The van der Waals surface area contributed by atoms with Crippen molar-refractivity contribution in [2.45, 2.75) is 12.8 Å². The fraction of sp³-hybridized carbons (Fsp3) is 0.235. The number of nitrogens with zero attached hydrogens (tertiary/aromatic N) is 1. The van der Waals surface area contributed by atoms with Gasteiger partial charge in [-0.25, -0.2) is 0 Å². The van der Waals surface area contributed by atoms with Crippen LogP contribution in [0.15, 0.2) is 46.9 Å². The van der Waals surface area contributed by atoms with Crippen LogP contribution in [-0.4, -0.2) is 18.1 Å². The van der Waals surface area contributed by atoms with Crippen molar-refractivity contribution in [2.24, 2.45) is 5.73 Å². The second-order valence-electron chi connectivity index (χ2n) is 5.28. The minimum absolute atomic E-state index is 0.458. The second kappa shape index (κ2) is 6.16. The van der Waals surface area contributed by atoms with Crippen LogP contribution in [0.2, 0.25) is 0 Å². The number of fused-ring (bicyclic) bond motifs is 1. The second-order valence-corrected chi connectivity index (χ2v) is 6.64. The lowest BCUT2D eigenvalue weighted by atomic mass is 10.0. The van der Waals surface area contributed by atoms with E-state index >= 15 is 0 Å². The molecule has 2 aromatic carbocycles. The van der Waals surface area contributed by atoms with Gasteiger partial charge in [-0.1, -0.05) is 52.4 Å². The number of halogens is 1. The third kappa shape index (κ3) is 3.11. The molecule has 0 saturated heterocycles. The van der Waals surface area contributed by atoms with Crippen LogP contribution >= 0.6 is 28.1 Å². The summed E-state index contributed by atoms with van der Waals surface area (Å²) in [5.74, 6) is 0. The van der Waals surface area contributed by atoms with Crippen molar-refractivity contribution >= 4 is 38.8 Å². The number of hydrogen-bond acceptors (Lipinski definition) is 2. The molecule has 2 nitrogen and oxygen atoms in total. The Hall–Kier alpha value is -1.39. The van der Waals surface area contributed by atoms with Crippen molar-refractivity contribution in [3.8, 4) is 0 Å². The number of anilines is 1. The maximum absolute atomic E-state index is 5.88. The summed E-state index contributed by atoms with van der Waals surface area (Å²) in [7, 11) is 0. The summed E-state index contributed by atoms with van der Waals surface area (Å²) in [6.45, 7) is 1.98. The summed E-state index contributed by atoms with van der Waals surface area (Å²) in [5.41, 5.74) is 10.9. The molecule has 0 aliphatic carbocycles. The highest BCUT2D eigenvalue weighted by Gasteiger charge is 2.17. The van der Waals surface area contributed by atoms with Gasteiger partial charge in [0, 0.05) is 28.8 Å². The SMILES string of the molecule is NC(=S)c1ccc(Br)cc1N1CCc2ccccc2CC1. The van der Waals surface area contributed by atoms with E-state index in [1.54, 1.807) is 0 Å². The molecule has 0 amide bonds. The van der Waals surface area contributed by atoms with E-state index in [9.17, 15) is 0 Å². The molecule has 2 aromatic rings. The molecular weight excluding hydrogens is 344 g/mol. The Balaban J connectivity index is 1.93. The first-order chi connectivity index (χ1) is 10.1. The van der Waals surface area contributed by atoms with E-state index in [4.69, 9.17) is 18.0 Å². The Labute approximate surface area is 139 Å². The lowest BCUT2D eigenvalue weighted by molar-refractivity contribution is 0.805. The van der Waals surface area contributed by atoms with Crippen molar-refractivity contribution < 1.29 is 0 Å². The zero-order valence-corrected chi connectivity index (χ0v) is 14.1. The van der Waals surface area contributed by atoms with E-state index in [0.717, 1.165) is 41.7 Å². The van der Waals surface area contributed by atoms with E-state index in [-0.39, 0.29) is 0 Å². The molecule has 0 saturated carbocycles.